The summed E-state index contributed by atoms with van der Waals surface area (Å²) in [6, 6.07) is 0.787. The lowest BCUT2D eigenvalue weighted by molar-refractivity contribution is 0.0518. The molecule has 0 saturated carbocycles. The van der Waals surface area contributed by atoms with Gasteiger partial charge in [-0.25, -0.2) is 13.6 Å². The van der Waals surface area contributed by atoms with Gasteiger partial charge in [-0.2, -0.15) is 0 Å². The van der Waals surface area contributed by atoms with Gasteiger partial charge in [-0.3, -0.25) is 4.79 Å². The highest BCUT2D eigenvalue weighted by Gasteiger charge is 2.20. The molecule has 1 aromatic rings. The molecule has 0 saturated heterocycles. The average Bonchev–Trinajstić information content (AvgIpc) is 2.27. The Morgan fingerprint density at radius 3 is 2.71 bits per heavy atom. The van der Waals surface area contributed by atoms with Crippen molar-refractivity contribution in [3.05, 3.63) is 33.2 Å². The maximum absolute atomic E-state index is 12.6. The standard InChI is InChI=1S/C10H10ClF2NO3/c1-2-17-10(16)5-3-7(15)8(9(12)13)6(4-11)14-5/h3,9H,2,4H2,1H3,(H,14,15). The van der Waals surface area contributed by atoms with Crippen LogP contribution < -0.4 is 5.43 Å². The van der Waals surface area contributed by atoms with E-state index >= 15 is 0 Å². The van der Waals surface area contributed by atoms with E-state index in [9.17, 15) is 18.4 Å². The predicted molar refractivity (Wildman–Crippen MR) is 57.5 cm³/mol. The van der Waals surface area contributed by atoms with Crippen molar-refractivity contribution in [3.63, 3.8) is 0 Å². The van der Waals surface area contributed by atoms with Gasteiger partial charge in [-0.05, 0) is 6.92 Å². The first-order valence-electron chi connectivity index (χ1n) is 4.78. The molecule has 0 radical (unpaired) electrons. The molecule has 1 heterocycles. The summed E-state index contributed by atoms with van der Waals surface area (Å²) in [5, 5.41) is 0. The summed E-state index contributed by atoms with van der Waals surface area (Å²) in [4.78, 5) is 25.1. The van der Waals surface area contributed by atoms with Crippen molar-refractivity contribution in [1.29, 1.82) is 0 Å². The van der Waals surface area contributed by atoms with Gasteiger partial charge in [0.15, 0.2) is 5.43 Å². The Morgan fingerprint density at radius 2 is 2.24 bits per heavy atom. The fourth-order valence-electron chi connectivity index (χ4n) is 1.29. The third kappa shape index (κ3) is 3.03. The number of H-pyrrole nitrogens is 1. The number of carbonyl (C=O) groups is 1. The topological polar surface area (TPSA) is 59.2 Å². The van der Waals surface area contributed by atoms with E-state index in [1.54, 1.807) is 6.92 Å². The van der Waals surface area contributed by atoms with Crippen molar-refractivity contribution in [2.45, 2.75) is 19.2 Å². The molecule has 0 fully saturated rings. The minimum atomic E-state index is -2.94. The molecule has 0 spiro atoms. The second kappa shape index (κ2) is 5.77. The van der Waals surface area contributed by atoms with Gasteiger partial charge in [0, 0.05) is 11.8 Å². The molecule has 94 valence electrons. The van der Waals surface area contributed by atoms with Crippen LogP contribution in [0.15, 0.2) is 10.9 Å². The second-order valence-electron chi connectivity index (χ2n) is 3.09. The van der Waals surface area contributed by atoms with E-state index in [0.29, 0.717) is 0 Å². The largest absolute Gasteiger partial charge is 0.461 e. The van der Waals surface area contributed by atoms with Crippen LogP contribution in [0, 0.1) is 0 Å². The molecule has 7 heteroatoms. The lowest BCUT2D eigenvalue weighted by Gasteiger charge is -2.08. The number of hydrogen-bond acceptors (Lipinski definition) is 3. The van der Waals surface area contributed by atoms with Crippen LogP contribution in [-0.4, -0.2) is 17.6 Å². The molecule has 4 nitrogen and oxygen atoms in total. The van der Waals surface area contributed by atoms with Crippen LogP contribution in [0.4, 0.5) is 8.78 Å². The van der Waals surface area contributed by atoms with Gasteiger partial charge in [-0.1, -0.05) is 0 Å². The van der Waals surface area contributed by atoms with Gasteiger partial charge in [0.1, 0.15) is 5.69 Å². The van der Waals surface area contributed by atoms with Crippen molar-refractivity contribution < 1.29 is 18.3 Å². The summed E-state index contributed by atoms with van der Waals surface area (Å²) in [5.41, 5.74) is -2.00. The van der Waals surface area contributed by atoms with E-state index in [4.69, 9.17) is 11.6 Å². The third-order valence-corrected chi connectivity index (χ3v) is 2.27. The fraction of sp³-hybridized carbons (Fsp3) is 0.400. The monoisotopic (exact) mass is 265 g/mol. The maximum Gasteiger partial charge on any atom is 0.354 e. The van der Waals surface area contributed by atoms with Crippen molar-refractivity contribution in [1.82, 2.24) is 4.98 Å². The number of aromatic nitrogens is 1. The van der Waals surface area contributed by atoms with E-state index in [1.165, 1.54) is 0 Å². The summed E-state index contributed by atoms with van der Waals surface area (Å²) in [6.07, 6.45) is -2.94. The Bertz CT molecular complexity index is 473. The summed E-state index contributed by atoms with van der Waals surface area (Å²) in [7, 11) is 0. The molecule has 17 heavy (non-hydrogen) atoms. The lowest BCUT2D eigenvalue weighted by atomic mass is 10.2. The van der Waals surface area contributed by atoms with E-state index in [-0.39, 0.29) is 23.9 Å². The molecule has 0 unspecified atom stereocenters. The molecule has 0 aromatic carbocycles. The molecular formula is C10H10ClF2NO3. The summed E-state index contributed by atoms with van der Waals surface area (Å²) in [5.74, 6) is -1.10. The quantitative estimate of drug-likeness (QED) is 0.671. The molecule has 0 aliphatic carbocycles. The molecule has 0 aliphatic heterocycles. The van der Waals surface area contributed by atoms with E-state index in [2.05, 4.69) is 9.72 Å². The van der Waals surface area contributed by atoms with Crippen LogP contribution in [0.3, 0.4) is 0 Å². The molecule has 1 N–H and O–H groups in total. The van der Waals surface area contributed by atoms with Crippen LogP contribution in [0.25, 0.3) is 0 Å². The van der Waals surface area contributed by atoms with Gasteiger partial charge < -0.3 is 9.72 Å². The number of ether oxygens (including phenoxy) is 1. The highest BCUT2D eigenvalue weighted by Crippen LogP contribution is 2.19. The van der Waals surface area contributed by atoms with Crippen molar-refractivity contribution in [2.24, 2.45) is 0 Å². The number of halogens is 3. The van der Waals surface area contributed by atoms with Crippen LogP contribution in [0.1, 0.15) is 35.1 Å². The smallest absolute Gasteiger partial charge is 0.354 e. The average molecular weight is 266 g/mol. The number of carbonyl (C=O) groups excluding carboxylic acids is 1. The number of hydrogen-bond donors (Lipinski definition) is 1. The molecule has 0 atom stereocenters. The van der Waals surface area contributed by atoms with Gasteiger partial charge in [-0.15, -0.1) is 11.6 Å². The van der Waals surface area contributed by atoms with Gasteiger partial charge in [0.25, 0.3) is 6.43 Å². The molecule has 0 amide bonds. The van der Waals surface area contributed by atoms with Crippen LogP contribution in [0.2, 0.25) is 0 Å². The Balaban J connectivity index is 3.27. The minimum absolute atomic E-state index is 0.119. The van der Waals surface area contributed by atoms with Gasteiger partial charge in [0.05, 0.1) is 18.1 Å². The number of nitrogens with one attached hydrogen (secondary N) is 1. The molecule has 0 aliphatic rings. The number of aromatic amines is 1. The first-order chi connectivity index (χ1) is 8.01. The summed E-state index contributed by atoms with van der Waals surface area (Å²) < 4.78 is 29.8. The van der Waals surface area contributed by atoms with Crippen LogP contribution in [0.5, 0.6) is 0 Å². The van der Waals surface area contributed by atoms with E-state index in [0.717, 1.165) is 6.07 Å². The first kappa shape index (κ1) is 13.6. The highest BCUT2D eigenvalue weighted by atomic mass is 35.5. The van der Waals surface area contributed by atoms with Crippen molar-refractivity contribution >= 4 is 17.6 Å². The fourth-order valence-corrected chi connectivity index (χ4v) is 1.50. The number of pyridine rings is 1. The van der Waals surface area contributed by atoms with Gasteiger partial charge in [0.2, 0.25) is 0 Å². The molecule has 1 aromatic heterocycles. The van der Waals surface area contributed by atoms with E-state index in [1.807, 2.05) is 0 Å². The lowest BCUT2D eigenvalue weighted by Crippen LogP contribution is -2.19. The Labute approximate surface area is 101 Å². The minimum Gasteiger partial charge on any atom is -0.461 e. The first-order valence-corrected chi connectivity index (χ1v) is 5.32. The third-order valence-electron chi connectivity index (χ3n) is 2.00. The molecule has 1 rings (SSSR count). The SMILES string of the molecule is CCOC(=O)c1cc(=O)c(C(F)F)c(CCl)[nH]1. The Kier molecular flexibility index (Phi) is 4.62. The number of alkyl halides is 3. The van der Waals surface area contributed by atoms with Crippen LogP contribution >= 0.6 is 11.6 Å². The predicted octanol–water partition coefficient (Wildman–Crippen LogP) is 2.23. The Hall–Kier alpha value is -1.43. The zero-order valence-electron chi connectivity index (χ0n) is 8.93. The van der Waals surface area contributed by atoms with Crippen LogP contribution in [-0.2, 0) is 10.6 Å². The summed E-state index contributed by atoms with van der Waals surface area (Å²) >= 11 is 5.45. The second-order valence-corrected chi connectivity index (χ2v) is 3.36. The zero-order chi connectivity index (χ0) is 13.0. The van der Waals surface area contributed by atoms with Crippen molar-refractivity contribution in [3.8, 4) is 0 Å². The number of esters is 1. The number of rotatable bonds is 4. The van der Waals surface area contributed by atoms with Crippen molar-refractivity contribution in [2.75, 3.05) is 6.61 Å². The molecular weight excluding hydrogens is 256 g/mol. The zero-order valence-corrected chi connectivity index (χ0v) is 9.68. The molecule has 0 bridgehead atoms. The van der Waals surface area contributed by atoms with E-state index < -0.39 is 23.4 Å². The summed E-state index contributed by atoms with van der Waals surface area (Å²) in [6.45, 7) is 1.71. The van der Waals surface area contributed by atoms with Gasteiger partial charge >= 0.3 is 5.97 Å². The highest BCUT2D eigenvalue weighted by molar-refractivity contribution is 6.17. The normalized spacial score (nSPS) is 10.6. The maximum atomic E-state index is 12.6. The Morgan fingerprint density at radius 1 is 1.59 bits per heavy atom.